The monoisotopic (exact) mass is 309 g/mol. The van der Waals surface area contributed by atoms with Crippen LogP contribution in [-0.4, -0.2) is 28.2 Å². The predicted molar refractivity (Wildman–Crippen MR) is 67.9 cm³/mol. The van der Waals surface area contributed by atoms with E-state index >= 15 is 0 Å². The van der Waals surface area contributed by atoms with Crippen LogP contribution < -0.4 is 5.32 Å². The first-order valence-corrected chi connectivity index (χ1v) is 7.59. The summed E-state index contributed by atoms with van der Waals surface area (Å²) in [6.07, 6.45) is 1.64. The molecule has 6 heteroatoms. The number of amides is 1. The molecule has 1 aromatic rings. The zero-order valence-corrected chi connectivity index (χ0v) is 11.7. The molecular formula is C9H12BrNO2S2. The first kappa shape index (κ1) is 12.9. The van der Waals surface area contributed by atoms with Crippen molar-refractivity contribution in [3.63, 3.8) is 0 Å². The van der Waals surface area contributed by atoms with Crippen LogP contribution >= 0.6 is 27.3 Å². The SMILES string of the molecule is CC(CNC(=O)c1ccc(Br)s1)S(C)=O. The van der Waals surface area contributed by atoms with E-state index in [1.165, 1.54) is 11.3 Å². The highest BCUT2D eigenvalue weighted by atomic mass is 79.9. The van der Waals surface area contributed by atoms with Crippen LogP contribution in [0.2, 0.25) is 0 Å². The van der Waals surface area contributed by atoms with Gasteiger partial charge in [-0.25, -0.2) is 0 Å². The van der Waals surface area contributed by atoms with Gasteiger partial charge in [-0.15, -0.1) is 11.3 Å². The molecule has 84 valence electrons. The number of thiophene rings is 1. The van der Waals surface area contributed by atoms with E-state index in [0.717, 1.165) is 3.79 Å². The number of halogens is 1. The van der Waals surface area contributed by atoms with E-state index in [1.807, 2.05) is 13.0 Å². The van der Waals surface area contributed by atoms with Crippen molar-refractivity contribution in [2.75, 3.05) is 12.8 Å². The summed E-state index contributed by atoms with van der Waals surface area (Å²) in [5.74, 6) is -0.108. The van der Waals surface area contributed by atoms with Crippen LogP contribution in [0.4, 0.5) is 0 Å². The van der Waals surface area contributed by atoms with Gasteiger partial charge in [-0.1, -0.05) is 0 Å². The van der Waals surface area contributed by atoms with Crippen LogP contribution in [0.15, 0.2) is 15.9 Å². The molecule has 15 heavy (non-hydrogen) atoms. The summed E-state index contributed by atoms with van der Waals surface area (Å²) in [5, 5.41) is 2.73. The average Bonchev–Trinajstić information content (AvgIpc) is 2.60. The number of rotatable bonds is 4. The minimum Gasteiger partial charge on any atom is -0.350 e. The molecule has 1 N–H and O–H groups in total. The summed E-state index contributed by atoms with van der Waals surface area (Å²) in [6, 6.07) is 3.60. The first-order chi connectivity index (χ1) is 7.00. The topological polar surface area (TPSA) is 46.2 Å². The number of hydrogen-bond acceptors (Lipinski definition) is 3. The third-order valence-electron chi connectivity index (χ3n) is 1.91. The van der Waals surface area contributed by atoms with Gasteiger partial charge in [-0.05, 0) is 35.0 Å². The molecule has 0 spiro atoms. The summed E-state index contributed by atoms with van der Waals surface area (Å²) in [7, 11) is -0.899. The van der Waals surface area contributed by atoms with Crippen molar-refractivity contribution in [1.29, 1.82) is 0 Å². The molecule has 0 fully saturated rings. The van der Waals surface area contributed by atoms with Gasteiger partial charge in [0.15, 0.2) is 0 Å². The molecule has 0 saturated carbocycles. The molecule has 0 aliphatic heterocycles. The quantitative estimate of drug-likeness (QED) is 0.925. The molecule has 1 amide bonds. The smallest absolute Gasteiger partial charge is 0.261 e. The number of carbonyl (C=O) groups is 1. The van der Waals surface area contributed by atoms with Crippen LogP contribution in [0.5, 0.6) is 0 Å². The first-order valence-electron chi connectivity index (χ1n) is 4.36. The van der Waals surface area contributed by atoms with Gasteiger partial charge in [0.25, 0.3) is 5.91 Å². The Balaban J connectivity index is 2.47. The normalized spacial score (nSPS) is 14.6. The molecule has 0 aliphatic rings. The second-order valence-electron chi connectivity index (χ2n) is 3.12. The van der Waals surface area contributed by atoms with Crippen molar-refractivity contribution in [3.05, 3.63) is 20.8 Å². The molecule has 3 nitrogen and oxygen atoms in total. The Bertz CT molecular complexity index is 378. The minimum atomic E-state index is -0.899. The van der Waals surface area contributed by atoms with Crippen molar-refractivity contribution in [2.45, 2.75) is 12.2 Å². The largest absolute Gasteiger partial charge is 0.350 e. The fourth-order valence-corrected chi connectivity index (χ4v) is 2.50. The highest BCUT2D eigenvalue weighted by molar-refractivity contribution is 9.11. The van der Waals surface area contributed by atoms with Gasteiger partial charge < -0.3 is 5.32 Å². The Morgan fingerprint density at radius 3 is 2.80 bits per heavy atom. The third-order valence-corrected chi connectivity index (χ3v) is 4.84. The Hall–Kier alpha value is -0.200. The van der Waals surface area contributed by atoms with Gasteiger partial charge in [0.05, 0.1) is 8.66 Å². The van der Waals surface area contributed by atoms with Crippen molar-refractivity contribution in [2.24, 2.45) is 0 Å². The molecule has 1 heterocycles. The Labute approximate surface area is 104 Å². The second kappa shape index (κ2) is 5.77. The predicted octanol–water partition coefficient (Wildman–Crippen LogP) is 2.01. The molecule has 2 unspecified atom stereocenters. The average molecular weight is 310 g/mol. The summed E-state index contributed by atoms with van der Waals surface area (Å²) in [5.41, 5.74) is 0. The lowest BCUT2D eigenvalue weighted by Crippen LogP contribution is -2.32. The van der Waals surface area contributed by atoms with E-state index < -0.39 is 10.8 Å². The second-order valence-corrected chi connectivity index (χ2v) is 7.39. The van der Waals surface area contributed by atoms with Crippen molar-refractivity contribution >= 4 is 44.0 Å². The van der Waals surface area contributed by atoms with Gasteiger partial charge in [-0.3, -0.25) is 9.00 Å². The maximum Gasteiger partial charge on any atom is 0.261 e. The zero-order valence-electron chi connectivity index (χ0n) is 8.45. The van der Waals surface area contributed by atoms with Crippen molar-refractivity contribution in [1.82, 2.24) is 5.32 Å². The fourth-order valence-electron chi connectivity index (χ4n) is 0.877. The molecule has 1 aromatic heterocycles. The Morgan fingerprint density at radius 1 is 1.67 bits per heavy atom. The van der Waals surface area contributed by atoms with E-state index in [9.17, 15) is 9.00 Å². The van der Waals surface area contributed by atoms with Crippen LogP contribution in [0.3, 0.4) is 0 Å². The number of carbonyl (C=O) groups excluding carboxylic acids is 1. The Morgan fingerprint density at radius 2 is 2.33 bits per heavy atom. The van der Waals surface area contributed by atoms with Crippen molar-refractivity contribution in [3.8, 4) is 0 Å². The van der Waals surface area contributed by atoms with Gasteiger partial charge in [0, 0.05) is 28.9 Å². The van der Waals surface area contributed by atoms with E-state index in [-0.39, 0.29) is 11.2 Å². The molecule has 0 aliphatic carbocycles. The maximum atomic E-state index is 11.6. The van der Waals surface area contributed by atoms with Crippen molar-refractivity contribution < 1.29 is 9.00 Å². The third kappa shape index (κ3) is 4.04. The molecular weight excluding hydrogens is 298 g/mol. The van der Waals surface area contributed by atoms with E-state index in [4.69, 9.17) is 0 Å². The highest BCUT2D eigenvalue weighted by Crippen LogP contribution is 2.21. The van der Waals surface area contributed by atoms with Crippen LogP contribution in [0, 0.1) is 0 Å². The minimum absolute atomic E-state index is 0.0163. The summed E-state index contributed by atoms with van der Waals surface area (Å²) in [6.45, 7) is 2.29. The summed E-state index contributed by atoms with van der Waals surface area (Å²) in [4.78, 5) is 12.2. The van der Waals surface area contributed by atoms with Gasteiger partial charge in [-0.2, -0.15) is 0 Å². The van der Waals surface area contributed by atoms with Gasteiger partial charge >= 0.3 is 0 Å². The number of hydrogen-bond donors (Lipinski definition) is 1. The van der Waals surface area contributed by atoms with Gasteiger partial charge in [0.2, 0.25) is 0 Å². The Kier molecular flexibility index (Phi) is 4.95. The molecule has 2 atom stereocenters. The molecule has 1 rings (SSSR count). The van der Waals surface area contributed by atoms with Crippen LogP contribution in [0.25, 0.3) is 0 Å². The standard InChI is InChI=1S/C9H12BrNO2S2/c1-6(15(2)13)5-11-9(12)7-3-4-8(10)14-7/h3-4,6H,5H2,1-2H3,(H,11,12). The van der Waals surface area contributed by atoms with E-state index in [0.29, 0.717) is 11.4 Å². The van der Waals surface area contributed by atoms with Gasteiger partial charge in [0.1, 0.15) is 0 Å². The lowest BCUT2D eigenvalue weighted by Gasteiger charge is -2.08. The fraction of sp³-hybridized carbons (Fsp3) is 0.444. The van der Waals surface area contributed by atoms with E-state index in [2.05, 4.69) is 21.2 Å². The molecule has 0 aromatic carbocycles. The van der Waals surface area contributed by atoms with Crippen LogP contribution in [0.1, 0.15) is 16.6 Å². The van der Waals surface area contributed by atoms with E-state index in [1.54, 1.807) is 12.3 Å². The summed E-state index contributed by atoms with van der Waals surface area (Å²) >= 11 is 4.68. The number of nitrogens with one attached hydrogen (secondary N) is 1. The highest BCUT2D eigenvalue weighted by Gasteiger charge is 2.11. The lowest BCUT2D eigenvalue weighted by atomic mass is 10.4. The molecule has 0 radical (unpaired) electrons. The lowest BCUT2D eigenvalue weighted by molar-refractivity contribution is 0.0958. The molecule has 0 saturated heterocycles. The van der Waals surface area contributed by atoms with Crippen LogP contribution in [-0.2, 0) is 10.8 Å². The molecule has 0 bridgehead atoms. The maximum absolute atomic E-state index is 11.6. The summed E-state index contributed by atoms with van der Waals surface area (Å²) < 4.78 is 12.0. The zero-order chi connectivity index (χ0) is 11.4.